The first-order chi connectivity index (χ1) is 14.0. The van der Waals surface area contributed by atoms with E-state index in [0.29, 0.717) is 0 Å². The first-order valence-corrected chi connectivity index (χ1v) is 9.55. The van der Waals surface area contributed by atoms with Crippen molar-refractivity contribution in [3.05, 3.63) is 77.3 Å². The Morgan fingerprint density at radius 3 is 2.48 bits per heavy atom. The third-order valence-corrected chi connectivity index (χ3v) is 5.30. The molecule has 2 N–H and O–H groups in total. The number of amides is 3. The van der Waals surface area contributed by atoms with Gasteiger partial charge < -0.3 is 4.90 Å². The molecular weight excluding hydrogens is 390 g/mol. The average Bonchev–Trinajstić information content (AvgIpc) is 3.13. The van der Waals surface area contributed by atoms with Crippen LogP contribution in [0.1, 0.15) is 16.8 Å². The maximum absolute atomic E-state index is 12.6. The number of fused-ring (bicyclic) bond motifs is 1. The number of nitrogens with one attached hydrogen (secondary N) is 2. The van der Waals surface area contributed by atoms with Gasteiger partial charge in [-0.1, -0.05) is 60.1 Å². The van der Waals surface area contributed by atoms with Crippen LogP contribution in [0.4, 0.5) is 5.69 Å². The van der Waals surface area contributed by atoms with Gasteiger partial charge in [-0.25, -0.2) is 0 Å². The molecule has 0 radical (unpaired) electrons. The number of carbonyl (C=O) groups is 3. The van der Waals surface area contributed by atoms with E-state index in [2.05, 4.69) is 10.9 Å². The van der Waals surface area contributed by atoms with Gasteiger partial charge in [0.15, 0.2) is 0 Å². The molecule has 3 aromatic carbocycles. The lowest BCUT2D eigenvalue weighted by Gasteiger charge is -2.19. The highest BCUT2D eigenvalue weighted by Gasteiger charge is 2.35. The number of hydrogen-bond acceptors (Lipinski definition) is 3. The Balaban J connectivity index is 1.44. The van der Waals surface area contributed by atoms with Gasteiger partial charge >= 0.3 is 0 Å². The van der Waals surface area contributed by atoms with Crippen molar-refractivity contribution in [2.75, 3.05) is 11.4 Å². The number of nitrogens with zero attached hydrogens (tertiary/aromatic N) is 1. The van der Waals surface area contributed by atoms with Crippen molar-refractivity contribution in [2.45, 2.75) is 6.42 Å². The van der Waals surface area contributed by atoms with Gasteiger partial charge in [0.25, 0.3) is 5.91 Å². The summed E-state index contributed by atoms with van der Waals surface area (Å²) in [6.07, 6.45) is 0.0804. The summed E-state index contributed by atoms with van der Waals surface area (Å²) in [6.45, 7) is 0.251. The number of halogens is 1. The highest BCUT2D eigenvalue weighted by molar-refractivity contribution is 6.33. The zero-order valence-electron chi connectivity index (χ0n) is 15.4. The number of benzene rings is 3. The smallest absolute Gasteiger partial charge is 0.271 e. The maximum Gasteiger partial charge on any atom is 0.271 e. The fourth-order valence-corrected chi connectivity index (χ4v) is 3.71. The van der Waals surface area contributed by atoms with E-state index < -0.39 is 17.7 Å². The van der Waals surface area contributed by atoms with E-state index in [4.69, 9.17) is 11.6 Å². The van der Waals surface area contributed by atoms with Crippen molar-refractivity contribution >= 4 is 45.8 Å². The Morgan fingerprint density at radius 2 is 1.66 bits per heavy atom. The molecular formula is C22H18ClN3O3. The van der Waals surface area contributed by atoms with Crippen LogP contribution in [0, 0.1) is 5.92 Å². The van der Waals surface area contributed by atoms with Crippen LogP contribution in [-0.2, 0) is 9.59 Å². The highest BCUT2D eigenvalue weighted by Crippen LogP contribution is 2.31. The standard InChI is InChI=1S/C22H18ClN3O3/c23-18-10-4-3-9-17(18)22(29)25-24-21(28)15-12-20(27)26(13-15)19-11-5-7-14-6-1-2-8-16(14)19/h1-11,15H,12-13H2,(H,24,28)(H,25,29)/t15-/m0/s1. The third kappa shape index (κ3) is 3.79. The zero-order valence-corrected chi connectivity index (χ0v) is 16.1. The van der Waals surface area contributed by atoms with Crippen molar-refractivity contribution in [1.29, 1.82) is 0 Å². The monoisotopic (exact) mass is 407 g/mol. The molecule has 0 aromatic heterocycles. The summed E-state index contributed by atoms with van der Waals surface area (Å²) >= 11 is 5.99. The summed E-state index contributed by atoms with van der Waals surface area (Å²) in [7, 11) is 0. The molecule has 0 unspecified atom stereocenters. The quantitative estimate of drug-likeness (QED) is 0.654. The van der Waals surface area contributed by atoms with Crippen molar-refractivity contribution in [1.82, 2.24) is 10.9 Å². The Morgan fingerprint density at radius 1 is 0.931 bits per heavy atom. The summed E-state index contributed by atoms with van der Waals surface area (Å²) in [5.74, 6) is -1.62. The molecule has 0 aliphatic carbocycles. The molecule has 7 heteroatoms. The van der Waals surface area contributed by atoms with Gasteiger partial charge in [-0.3, -0.25) is 25.2 Å². The Bertz CT molecular complexity index is 1110. The SMILES string of the molecule is O=C(NNC(=O)[C@H]1CC(=O)N(c2cccc3ccccc23)C1)c1ccccc1Cl. The molecule has 0 saturated carbocycles. The minimum Gasteiger partial charge on any atom is -0.311 e. The van der Waals surface area contributed by atoms with Crippen LogP contribution < -0.4 is 15.8 Å². The molecule has 6 nitrogen and oxygen atoms in total. The van der Waals surface area contributed by atoms with Gasteiger partial charge in [0.1, 0.15) is 0 Å². The summed E-state index contributed by atoms with van der Waals surface area (Å²) in [4.78, 5) is 38.9. The molecule has 1 aliphatic rings. The molecule has 1 heterocycles. The number of carbonyl (C=O) groups excluding carboxylic acids is 3. The van der Waals surface area contributed by atoms with E-state index in [0.717, 1.165) is 16.5 Å². The summed E-state index contributed by atoms with van der Waals surface area (Å²) in [6, 6.07) is 20.1. The van der Waals surface area contributed by atoms with Crippen LogP contribution in [0.3, 0.4) is 0 Å². The third-order valence-electron chi connectivity index (χ3n) is 4.97. The highest BCUT2D eigenvalue weighted by atomic mass is 35.5. The van der Waals surface area contributed by atoms with Gasteiger partial charge in [0, 0.05) is 18.4 Å². The molecule has 146 valence electrons. The molecule has 1 saturated heterocycles. The maximum atomic E-state index is 12.6. The lowest BCUT2D eigenvalue weighted by atomic mass is 10.1. The molecule has 4 rings (SSSR count). The number of anilines is 1. The first kappa shape index (κ1) is 19.0. The van der Waals surface area contributed by atoms with Crippen molar-refractivity contribution in [2.24, 2.45) is 5.92 Å². The summed E-state index contributed by atoms with van der Waals surface area (Å²) in [5.41, 5.74) is 5.81. The van der Waals surface area contributed by atoms with Gasteiger partial charge in [-0.15, -0.1) is 0 Å². The molecule has 0 spiro atoms. The van der Waals surface area contributed by atoms with E-state index in [1.165, 1.54) is 0 Å². The van der Waals surface area contributed by atoms with Gasteiger partial charge in [-0.05, 0) is 23.6 Å². The molecule has 3 amide bonds. The molecule has 3 aromatic rings. The van der Waals surface area contributed by atoms with E-state index in [1.54, 1.807) is 29.2 Å². The topological polar surface area (TPSA) is 78.5 Å². The van der Waals surface area contributed by atoms with Crippen LogP contribution in [-0.4, -0.2) is 24.3 Å². The molecule has 1 aliphatic heterocycles. The fraction of sp³-hybridized carbons (Fsp3) is 0.136. The summed E-state index contributed by atoms with van der Waals surface area (Å²) in [5, 5.41) is 2.27. The van der Waals surface area contributed by atoms with E-state index in [9.17, 15) is 14.4 Å². The van der Waals surface area contributed by atoms with Crippen molar-refractivity contribution in [3.63, 3.8) is 0 Å². The van der Waals surface area contributed by atoms with Crippen LogP contribution in [0.15, 0.2) is 66.7 Å². The predicted octanol–water partition coefficient (Wildman–Crippen LogP) is 3.31. The van der Waals surface area contributed by atoms with Gasteiger partial charge in [0.2, 0.25) is 11.8 Å². The zero-order chi connectivity index (χ0) is 20.4. The second-order valence-electron chi connectivity index (χ2n) is 6.83. The first-order valence-electron chi connectivity index (χ1n) is 9.17. The molecule has 0 bridgehead atoms. The van der Waals surface area contributed by atoms with Crippen molar-refractivity contribution in [3.8, 4) is 0 Å². The normalized spacial score (nSPS) is 16.1. The average molecular weight is 408 g/mol. The Labute approximate surface area is 172 Å². The number of rotatable bonds is 3. The van der Waals surface area contributed by atoms with Crippen molar-refractivity contribution < 1.29 is 14.4 Å². The molecule has 29 heavy (non-hydrogen) atoms. The fourth-order valence-electron chi connectivity index (χ4n) is 3.49. The second-order valence-corrected chi connectivity index (χ2v) is 7.23. The van der Waals surface area contributed by atoms with Crippen LogP contribution in [0.25, 0.3) is 10.8 Å². The van der Waals surface area contributed by atoms with Crippen LogP contribution in [0.2, 0.25) is 5.02 Å². The Kier molecular flexibility index (Phi) is 5.18. The summed E-state index contributed by atoms with van der Waals surface area (Å²) < 4.78 is 0. The second kappa shape index (κ2) is 7.93. The lowest BCUT2D eigenvalue weighted by Crippen LogP contribution is -2.45. The predicted molar refractivity (Wildman–Crippen MR) is 111 cm³/mol. The lowest BCUT2D eigenvalue weighted by molar-refractivity contribution is -0.126. The molecule has 1 fully saturated rings. The van der Waals surface area contributed by atoms with E-state index >= 15 is 0 Å². The minimum absolute atomic E-state index is 0.0804. The van der Waals surface area contributed by atoms with Crippen LogP contribution in [0.5, 0.6) is 0 Å². The van der Waals surface area contributed by atoms with Gasteiger partial charge in [-0.2, -0.15) is 0 Å². The number of hydrazine groups is 1. The Hall–Kier alpha value is -3.38. The van der Waals surface area contributed by atoms with E-state index in [-0.39, 0.29) is 29.5 Å². The van der Waals surface area contributed by atoms with E-state index in [1.807, 2.05) is 42.5 Å². The molecule has 1 atom stereocenters. The van der Waals surface area contributed by atoms with Gasteiger partial charge in [0.05, 0.1) is 22.2 Å². The minimum atomic E-state index is -0.562. The number of hydrogen-bond donors (Lipinski definition) is 2. The van der Waals surface area contributed by atoms with Crippen LogP contribution >= 0.6 is 11.6 Å². The largest absolute Gasteiger partial charge is 0.311 e.